The van der Waals surface area contributed by atoms with E-state index in [1.165, 1.54) is 6.07 Å². The molecule has 3 fully saturated rings. The number of carbonyl (C=O) groups is 1. The Labute approximate surface area is 220 Å². The Hall–Kier alpha value is -3.21. The van der Waals surface area contributed by atoms with Crippen molar-refractivity contribution >= 4 is 17.1 Å². The quantitative estimate of drug-likeness (QED) is 0.426. The van der Waals surface area contributed by atoms with Crippen LogP contribution in [-0.4, -0.2) is 60.4 Å². The maximum atomic E-state index is 15.0. The van der Waals surface area contributed by atoms with Crippen molar-refractivity contribution in [1.29, 1.82) is 0 Å². The zero-order valence-electron chi connectivity index (χ0n) is 21.5. The molecule has 4 heterocycles. The number of carbonyl (C=O) groups excluding carboxylic acids is 1. The number of hydrogen-bond acceptors (Lipinski definition) is 7. The number of alkyl carbamates (subject to hydrolysis) is 1. The summed E-state index contributed by atoms with van der Waals surface area (Å²) in [5.41, 5.74) is 8.97. The maximum Gasteiger partial charge on any atom is 0.407 e. The minimum atomic E-state index is -0.840. The van der Waals surface area contributed by atoms with Crippen molar-refractivity contribution < 1.29 is 28.1 Å². The first kappa shape index (κ1) is 25.1. The number of amides is 1. The Bertz CT molecular complexity index is 1320. The zero-order chi connectivity index (χ0) is 26.4. The average Bonchev–Trinajstić information content (AvgIpc) is 3.51. The van der Waals surface area contributed by atoms with Gasteiger partial charge < -0.3 is 35.0 Å². The van der Waals surface area contributed by atoms with Crippen LogP contribution in [0.1, 0.15) is 38.2 Å². The van der Waals surface area contributed by atoms with E-state index in [0.717, 1.165) is 18.4 Å². The third-order valence-electron chi connectivity index (χ3n) is 8.03. The van der Waals surface area contributed by atoms with E-state index in [0.29, 0.717) is 54.8 Å². The number of hydrogen-bond donors (Lipinski definition) is 3. The predicted molar refractivity (Wildman–Crippen MR) is 138 cm³/mol. The van der Waals surface area contributed by atoms with Crippen molar-refractivity contribution in [2.45, 2.75) is 50.5 Å². The molecule has 202 valence electrons. The highest BCUT2D eigenvalue weighted by molar-refractivity contribution is 5.81. The van der Waals surface area contributed by atoms with Crippen LogP contribution in [0.2, 0.25) is 0 Å². The molecule has 3 aliphatic rings. The lowest BCUT2D eigenvalue weighted by Gasteiger charge is -2.35. The molecule has 1 amide bonds. The van der Waals surface area contributed by atoms with Crippen LogP contribution in [-0.2, 0) is 14.2 Å². The van der Waals surface area contributed by atoms with Gasteiger partial charge in [-0.25, -0.2) is 14.2 Å². The van der Waals surface area contributed by atoms with Crippen LogP contribution in [0.25, 0.3) is 22.3 Å². The van der Waals surface area contributed by atoms with Gasteiger partial charge in [0.1, 0.15) is 11.8 Å². The summed E-state index contributed by atoms with van der Waals surface area (Å²) in [7, 11) is 0. The van der Waals surface area contributed by atoms with Crippen LogP contribution >= 0.6 is 0 Å². The summed E-state index contributed by atoms with van der Waals surface area (Å²) < 4.78 is 37.7. The van der Waals surface area contributed by atoms with Gasteiger partial charge in [0.25, 0.3) is 0 Å². The molecule has 2 saturated heterocycles. The molecule has 1 aliphatic carbocycles. The zero-order valence-corrected chi connectivity index (χ0v) is 21.5. The van der Waals surface area contributed by atoms with Crippen molar-refractivity contribution in [1.82, 2.24) is 15.3 Å². The lowest BCUT2D eigenvalue weighted by Crippen LogP contribution is -2.53. The van der Waals surface area contributed by atoms with Gasteiger partial charge in [-0.1, -0.05) is 31.2 Å². The Morgan fingerprint density at radius 1 is 1.26 bits per heavy atom. The summed E-state index contributed by atoms with van der Waals surface area (Å²) in [5, 5.41) is 2.87. The second kappa shape index (κ2) is 9.83. The van der Waals surface area contributed by atoms with E-state index in [-0.39, 0.29) is 35.8 Å². The van der Waals surface area contributed by atoms with Gasteiger partial charge in [-0.05, 0) is 31.2 Å². The minimum absolute atomic E-state index is 0.102. The first-order valence-electron chi connectivity index (χ1n) is 13.2. The number of rotatable bonds is 7. The molecule has 38 heavy (non-hydrogen) atoms. The van der Waals surface area contributed by atoms with Crippen LogP contribution in [0.5, 0.6) is 5.88 Å². The van der Waals surface area contributed by atoms with Gasteiger partial charge in [-0.2, -0.15) is 0 Å². The van der Waals surface area contributed by atoms with Crippen molar-refractivity contribution in [2.75, 3.05) is 26.4 Å². The first-order valence-corrected chi connectivity index (χ1v) is 13.2. The summed E-state index contributed by atoms with van der Waals surface area (Å²) in [6.07, 6.45) is 1.21. The molecular formula is C28H33FN4O5. The number of ether oxygens (including phenoxy) is 4. The highest BCUT2D eigenvalue weighted by Crippen LogP contribution is 2.41. The van der Waals surface area contributed by atoms with E-state index < -0.39 is 11.5 Å². The summed E-state index contributed by atoms with van der Waals surface area (Å²) >= 11 is 0. The number of nitrogens with two attached hydrogens (primary N) is 1. The predicted octanol–water partition coefficient (Wildman–Crippen LogP) is 4.08. The van der Waals surface area contributed by atoms with Crippen molar-refractivity contribution in [2.24, 2.45) is 17.6 Å². The summed E-state index contributed by atoms with van der Waals surface area (Å²) in [6.45, 7) is 5.58. The highest BCUT2D eigenvalue weighted by Gasteiger charge is 2.56. The molecule has 1 aromatic carbocycles. The van der Waals surface area contributed by atoms with Crippen LogP contribution in [0.15, 0.2) is 36.4 Å². The normalized spacial score (nSPS) is 30.2. The fourth-order valence-electron chi connectivity index (χ4n) is 5.80. The number of benzene rings is 1. The number of fused-ring (bicyclic) bond motifs is 2. The summed E-state index contributed by atoms with van der Waals surface area (Å²) in [5.74, 6) is 0.577. The molecule has 0 radical (unpaired) electrons. The van der Waals surface area contributed by atoms with Gasteiger partial charge >= 0.3 is 6.09 Å². The molecule has 6 rings (SSSR count). The fourth-order valence-corrected chi connectivity index (χ4v) is 5.80. The van der Waals surface area contributed by atoms with Crippen molar-refractivity contribution in [3.05, 3.63) is 47.8 Å². The van der Waals surface area contributed by atoms with Crippen molar-refractivity contribution in [3.8, 4) is 17.1 Å². The lowest BCUT2D eigenvalue weighted by atomic mass is 9.76. The van der Waals surface area contributed by atoms with Gasteiger partial charge in [0.2, 0.25) is 0 Å². The number of aromatic nitrogens is 2. The van der Waals surface area contributed by atoms with E-state index in [2.05, 4.69) is 22.2 Å². The Morgan fingerprint density at radius 3 is 2.82 bits per heavy atom. The molecule has 0 unspecified atom stereocenters. The molecule has 9 nitrogen and oxygen atoms in total. The fraction of sp³-hybridized carbons (Fsp3) is 0.500. The SMILES string of the molecule is CCOC(=O)NC1CC(c2ccc(-c3nc4cc(OC[C@@H]5CO[C@@H]6[C@H](C)CO[C@]56N)[nH]c4cc3F)cc2)C1. The molecule has 2 aromatic heterocycles. The molecule has 1 saturated carbocycles. The molecule has 10 heteroatoms. The van der Waals surface area contributed by atoms with Gasteiger partial charge in [-0.15, -0.1) is 0 Å². The largest absolute Gasteiger partial charge is 0.478 e. The van der Waals surface area contributed by atoms with Crippen LogP contribution in [0.4, 0.5) is 9.18 Å². The monoisotopic (exact) mass is 524 g/mol. The lowest BCUT2D eigenvalue weighted by molar-refractivity contribution is -0.0471. The van der Waals surface area contributed by atoms with Gasteiger partial charge in [-0.3, -0.25) is 0 Å². The number of aromatic amines is 1. The summed E-state index contributed by atoms with van der Waals surface area (Å²) in [6, 6.07) is 11.1. The standard InChI is InChI=1S/C28H33FN4O5/c1-3-35-27(34)31-20-8-18(9-20)16-4-6-17(7-5-16)25-21(29)10-22-23(33-25)11-24(32-22)36-13-19-14-37-26-15(2)12-38-28(19,26)30/h4-7,10-11,15,18-20,26,32H,3,8-9,12-14,30H2,1-2H3,(H,31,34)/t15-,18?,19-,20?,26-,28-/m1/s1. The maximum absolute atomic E-state index is 15.0. The number of nitrogens with zero attached hydrogens (tertiary/aromatic N) is 1. The van der Waals surface area contributed by atoms with E-state index in [9.17, 15) is 4.79 Å². The third-order valence-corrected chi connectivity index (χ3v) is 8.03. The molecule has 0 bridgehead atoms. The minimum Gasteiger partial charge on any atom is -0.478 e. The topological polar surface area (TPSA) is 121 Å². The molecule has 3 aromatic rings. The molecule has 0 spiro atoms. The van der Waals surface area contributed by atoms with E-state index in [1.54, 1.807) is 13.0 Å². The van der Waals surface area contributed by atoms with E-state index in [4.69, 9.17) is 24.7 Å². The van der Waals surface area contributed by atoms with E-state index >= 15 is 4.39 Å². The second-order valence-electron chi connectivity index (χ2n) is 10.6. The van der Waals surface area contributed by atoms with E-state index in [1.807, 2.05) is 24.3 Å². The van der Waals surface area contributed by atoms with Gasteiger partial charge in [0.15, 0.2) is 17.4 Å². The third kappa shape index (κ3) is 4.50. The summed E-state index contributed by atoms with van der Waals surface area (Å²) in [4.78, 5) is 19.2. The Balaban J connectivity index is 1.10. The van der Waals surface area contributed by atoms with Gasteiger partial charge in [0, 0.05) is 29.7 Å². The van der Waals surface area contributed by atoms with Crippen LogP contribution in [0.3, 0.4) is 0 Å². The Kier molecular flexibility index (Phi) is 6.49. The number of halogens is 1. The highest BCUT2D eigenvalue weighted by atomic mass is 19.1. The Morgan fingerprint density at radius 2 is 2.05 bits per heavy atom. The second-order valence-corrected chi connectivity index (χ2v) is 10.6. The van der Waals surface area contributed by atoms with Crippen LogP contribution < -0.4 is 15.8 Å². The van der Waals surface area contributed by atoms with Crippen LogP contribution in [0, 0.1) is 17.7 Å². The number of pyridine rings is 1. The molecule has 4 atom stereocenters. The van der Waals surface area contributed by atoms with Gasteiger partial charge in [0.05, 0.1) is 43.4 Å². The smallest absolute Gasteiger partial charge is 0.407 e. The number of H-pyrrole nitrogens is 1. The molecular weight excluding hydrogens is 491 g/mol. The first-order chi connectivity index (χ1) is 18.3. The average molecular weight is 525 g/mol. The van der Waals surface area contributed by atoms with Crippen molar-refractivity contribution in [3.63, 3.8) is 0 Å². The molecule has 4 N–H and O–H groups in total. The molecule has 2 aliphatic heterocycles. The number of nitrogens with one attached hydrogen (secondary N) is 2.